The highest BCUT2D eigenvalue weighted by molar-refractivity contribution is 6.04. The van der Waals surface area contributed by atoms with Gasteiger partial charge >= 0.3 is 12.0 Å². The first-order valence-corrected chi connectivity index (χ1v) is 10.9. The second-order valence-corrected chi connectivity index (χ2v) is 8.79. The number of aromatic carboxylic acids is 1. The fourth-order valence-corrected chi connectivity index (χ4v) is 4.41. The highest BCUT2D eigenvalue weighted by Gasteiger charge is 2.41. The lowest BCUT2D eigenvalue weighted by Gasteiger charge is -2.35. The summed E-state index contributed by atoms with van der Waals surface area (Å²) < 4.78 is 31.3. The summed E-state index contributed by atoms with van der Waals surface area (Å²) in [6.07, 6.45) is 1.93. The summed E-state index contributed by atoms with van der Waals surface area (Å²) in [6, 6.07) is 3.59. The number of anilines is 3. The maximum Gasteiger partial charge on any atom is 0.357 e. The van der Waals surface area contributed by atoms with Crippen LogP contribution < -0.4 is 19.9 Å². The summed E-state index contributed by atoms with van der Waals surface area (Å²) in [5.41, 5.74) is -0.341. The predicted octanol–water partition coefficient (Wildman–Crippen LogP) is 2.48. The van der Waals surface area contributed by atoms with E-state index in [2.05, 4.69) is 15.3 Å². The number of pyridine rings is 2. The Labute approximate surface area is 194 Å². The van der Waals surface area contributed by atoms with Crippen LogP contribution in [0.25, 0.3) is 0 Å². The van der Waals surface area contributed by atoms with Gasteiger partial charge in [0.15, 0.2) is 23.1 Å². The molecule has 2 aromatic rings. The number of halogens is 1. The van der Waals surface area contributed by atoms with Crippen LogP contribution in [0.1, 0.15) is 30.8 Å². The number of hydrogen-bond donors (Lipinski definition) is 2. The number of amides is 2. The minimum absolute atomic E-state index is 0.110. The van der Waals surface area contributed by atoms with Crippen molar-refractivity contribution in [1.82, 2.24) is 9.97 Å². The molecular weight excluding hydrogens is 449 g/mol. The number of rotatable bonds is 5. The smallest absolute Gasteiger partial charge is 0.357 e. The largest absolute Gasteiger partial charge is 0.491 e. The standard InChI is InChI=1S/C22H24FN5O6/c1-22(2)33-11-14(34-22)10-32-13-3-5-24-17(7-13)25-21(31)28-12-4-6-27(9-12)16-8-15(23)18(20(29)30)26-19(16)28/h3,5,7-8,12,14H,4,6,9-11H2,1-2H3,(H,29,30)(H,24,25,31)/t12-,14-/m0/s1. The molecule has 2 amide bonds. The van der Waals surface area contributed by atoms with Gasteiger partial charge < -0.3 is 24.2 Å². The lowest BCUT2D eigenvalue weighted by molar-refractivity contribution is -0.141. The van der Waals surface area contributed by atoms with Crippen molar-refractivity contribution < 1.29 is 33.3 Å². The number of hydrogen-bond acceptors (Lipinski definition) is 8. The molecule has 0 aromatic carbocycles. The summed E-state index contributed by atoms with van der Waals surface area (Å²) in [6.45, 7) is 5.47. The number of ether oxygens (including phenoxy) is 3. The molecule has 3 aliphatic rings. The number of carboxylic acid groups (broad SMARTS) is 1. The van der Waals surface area contributed by atoms with Crippen LogP contribution in [0.3, 0.4) is 0 Å². The van der Waals surface area contributed by atoms with Crippen molar-refractivity contribution in [2.75, 3.05) is 41.4 Å². The van der Waals surface area contributed by atoms with Crippen LogP contribution in [0.2, 0.25) is 0 Å². The van der Waals surface area contributed by atoms with Gasteiger partial charge in [0.2, 0.25) is 0 Å². The van der Waals surface area contributed by atoms with Gasteiger partial charge in [-0.15, -0.1) is 0 Å². The van der Waals surface area contributed by atoms with E-state index in [0.29, 0.717) is 37.6 Å². The van der Waals surface area contributed by atoms with Gasteiger partial charge in [0, 0.05) is 31.4 Å². The Hall–Kier alpha value is -3.51. The first kappa shape index (κ1) is 22.3. The molecule has 0 aliphatic carbocycles. The number of carbonyl (C=O) groups is 2. The average Bonchev–Trinajstić information content (AvgIpc) is 3.36. The topological polar surface area (TPSA) is 126 Å². The maximum absolute atomic E-state index is 14.3. The average molecular weight is 473 g/mol. The Morgan fingerprint density at radius 2 is 2.21 bits per heavy atom. The van der Waals surface area contributed by atoms with Gasteiger partial charge in [0.05, 0.1) is 18.3 Å². The van der Waals surface area contributed by atoms with E-state index in [4.69, 9.17) is 14.2 Å². The molecule has 5 rings (SSSR count). The van der Waals surface area contributed by atoms with Crippen molar-refractivity contribution in [1.29, 1.82) is 0 Å². The number of urea groups is 1. The van der Waals surface area contributed by atoms with Crippen LogP contribution >= 0.6 is 0 Å². The first-order valence-electron chi connectivity index (χ1n) is 10.9. The number of nitrogens with one attached hydrogen (secondary N) is 1. The molecule has 2 fully saturated rings. The zero-order valence-corrected chi connectivity index (χ0v) is 18.7. The van der Waals surface area contributed by atoms with Gasteiger partial charge in [-0.3, -0.25) is 10.2 Å². The van der Waals surface area contributed by atoms with E-state index in [-0.39, 0.29) is 30.4 Å². The van der Waals surface area contributed by atoms with Gasteiger partial charge in [0.1, 0.15) is 24.3 Å². The molecule has 0 unspecified atom stereocenters. The summed E-state index contributed by atoms with van der Waals surface area (Å²) in [7, 11) is 0. The molecule has 2 bridgehead atoms. The highest BCUT2D eigenvalue weighted by Crippen LogP contribution is 2.40. The van der Waals surface area contributed by atoms with Crippen LogP contribution in [-0.2, 0) is 9.47 Å². The summed E-state index contributed by atoms with van der Waals surface area (Å²) >= 11 is 0. The van der Waals surface area contributed by atoms with Gasteiger partial charge in [-0.1, -0.05) is 0 Å². The normalized spacial score (nSPS) is 22.4. The molecule has 2 aromatic heterocycles. The van der Waals surface area contributed by atoms with Crippen molar-refractivity contribution in [3.8, 4) is 5.75 Å². The van der Waals surface area contributed by atoms with Crippen molar-refractivity contribution >= 4 is 29.3 Å². The molecule has 34 heavy (non-hydrogen) atoms. The molecule has 11 nitrogen and oxygen atoms in total. The van der Waals surface area contributed by atoms with Crippen LogP contribution in [0.15, 0.2) is 24.4 Å². The third-order valence-corrected chi connectivity index (χ3v) is 5.92. The zero-order chi connectivity index (χ0) is 24.0. The molecule has 0 spiro atoms. The number of aromatic nitrogens is 2. The fraction of sp³-hybridized carbons (Fsp3) is 0.455. The van der Waals surface area contributed by atoms with E-state index in [9.17, 15) is 19.1 Å². The Kier molecular flexibility index (Phi) is 5.48. The fourth-order valence-electron chi connectivity index (χ4n) is 4.41. The van der Waals surface area contributed by atoms with E-state index in [0.717, 1.165) is 6.07 Å². The number of nitrogens with zero attached hydrogens (tertiary/aromatic N) is 4. The van der Waals surface area contributed by atoms with Gasteiger partial charge in [-0.2, -0.15) is 0 Å². The van der Waals surface area contributed by atoms with Crippen molar-refractivity contribution in [3.63, 3.8) is 0 Å². The van der Waals surface area contributed by atoms with E-state index < -0.39 is 29.3 Å². The summed E-state index contributed by atoms with van der Waals surface area (Å²) in [5.74, 6) is -2.25. The van der Waals surface area contributed by atoms with Crippen molar-refractivity contribution in [2.24, 2.45) is 0 Å². The third kappa shape index (κ3) is 4.21. The summed E-state index contributed by atoms with van der Waals surface area (Å²) in [4.78, 5) is 36.1. The monoisotopic (exact) mass is 473 g/mol. The molecule has 2 saturated heterocycles. The van der Waals surface area contributed by atoms with Gasteiger partial charge in [-0.05, 0) is 26.3 Å². The maximum atomic E-state index is 14.3. The van der Waals surface area contributed by atoms with Crippen LogP contribution in [0, 0.1) is 5.82 Å². The number of carboxylic acids is 1. The lowest BCUT2D eigenvalue weighted by Crippen LogP contribution is -2.48. The third-order valence-electron chi connectivity index (χ3n) is 5.92. The molecule has 2 atom stereocenters. The van der Waals surface area contributed by atoms with E-state index in [1.54, 1.807) is 12.1 Å². The minimum Gasteiger partial charge on any atom is -0.491 e. The molecule has 0 radical (unpaired) electrons. The zero-order valence-electron chi connectivity index (χ0n) is 18.7. The van der Waals surface area contributed by atoms with E-state index >= 15 is 0 Å². The Morgan fingerprint density at radius 1 is 1.38 bits per heavy atom. The van der Waals surface area contributed by atoms with E-state index in [1.807, 2.05) is 18.7 Å². The molecule has 5 heterocycles. The Bertz CT molecular complexity index is 1140. The second kappa shape index (κ2) is 8.37. The predicted molar refractivity (Wildman–Crippen MR) is 118 cm³/mol. The molecule has 3 aliphatic heterocycles. The minimum atomic E-state index is -1.50. The van der Waals surface area contributed by atoms with Crippen molar-refractivity contribution in [2.45, 2.75) is 38.2 Å². The molecule has 12 heteroatoms. The number of fused-ring (bicyclic) bond motifs is 4. The lowest BCUT2D eigenvalue weighted by atomic mass is 10.1. The first-order chi connectivity index (χ1) is 16.2. The van der Waals surface area contributed by atoms with Gasteiger partial charge in [0.25, 0.3) is 0 Å². The Balaban J connectivity index is 1.33. The van der Waals surface area contributed by atoms with Crippen LogP contribution in [0.5, 0.6) is 5.75 Å². The Morgan fingerprint density at radius 3 is 2.94 bits per heavy atom. The second-order valence-electron chi connectivity index (χ2n) is 8.79. The van der Waals surface area contributed by atoms with E-state index in [1.165, 1.54) is 11.1 Å². The van der Waals surface area contributed by atoms with Crippen LogP contribution in [0.4, 0.5) is 26.5 Å². The van der Waals surface area contributed by atoms with Crippen molar-refractivity contribution in [3.05, 3.63) is 35.9 Å². The van der Waals surface area contributed by atoms with Gasteiger partial charge in [-0.25, -0.2) is 23.9 Å². The van der Waals surface area contributed by atoms with Crippen LogP contribution in [-0.4, -0.2) is 71.3 Å². The highest BCUT2D eigenvalue weighted by atomic mass is 19.1. The quantitative estimate of drug-likeness (QED) is 0.673. The molecule has 0 saturated carbocycles. The molecule has 2 N–H and O–H groups in total. The summed E-state index contributed by atoms with van der Waals surface area (Å²) in [5, 5.41) is 12.0. The SMILES string of the molecule is CC1(C)OC[C@H](COc2ccnc(NC(=O)N3c4nc(C(=O)O)c(F)cc4N4CC[C@H]3C4)c2)O1. The molecule has 180 valence electrons. The number of carbonyl (C=O) groups excluding carboxylic acids is 1. The molecular formula is C22H24FN5O6.